The number of carbonyl (C=O) groups is 1. The molecule has 0 saturated heterocycles. The molecular weight excluding hydrogens is 216 g/mol. The van der Waals surface area contributed by atoms with Gasteiger partial charge in [0.1, 0.15) is 0 Å². The lowest BCUT2D eigenvalue weighted by atomic mass is 10.1. The van der Waals surface area contributed by atoms with E-state index in [2.05, 4.69) is 6.92 Å². The Hall–Kier alpha value is -0.610. The Balaban J connectivity index is 2.06. The molecule has 0 aromatic rings. The summed E-state index contributed by atoms with van der Waals surface area (Å²) in [5.74, 6) is 0.816. The molecule has 0 heterocycles. The van der Waals surface area contributed by atoms with E-state index in [1.54, 1.807) is 11.9 Å². The van der Waals surface area contributed by atoms with Gasteiger partial charge in [-0.1, -0.05) is 19.8 Å². The number of unbranched alkanes of at least 4 members (excludes halogenated alkanes) is 1. The lowest BCUT2D eigenvalue weighted by Gasteiger charge is -2.21. The average Bonchev–Trinajstić information content (AvgIpc) is 3.14. The SMILES string of the molecule is CCCCC(N)C(=O)N(C)CCOCC1CC1. The van der Waals surface area contributed by atoms with E-state index < -0.39 is 0 Å². The summed E-state index contributed by atoms with van der Waals surface area (Å²) in [6.07, 6.45) is 5.48. The van der Waals surface area contributed by atoms with Gasteiger partial charge in [-0.25, -0.2) is 0 Å². The normalized spacial score (nSPS) is 16.9. The van der Waals surface area contributed by atoms with Crippen molar-refractivity contribution in [3.8, 4) is 0 Å². The molecule has 0 radical (unpaired) electrons. The molecule has 0 aromatic heterocycles. The number of amides is 1. The molecule has 0 spiro atoms. The Kier molecular flexibility index (Phi) is 6.52. The molecule has 1 aliphatic carbocycles. The van der Waals surface area contributed by atoms with Gasteiger partial charge in [-0.05, 0) is 25.2 Å². The summed E-state index contributed by atoms with van der Waals surface area (Å²) in [6, 6.07) is -0.344. The van der Waals surface area contributed by atoms with Crippen molar-refractivity contribution >= 4 is 5.91 Å². The molecule has 1 aliphatic rings. The predicted molar refractivity (Wildman–Crippen MR) is 68.7 cm³/mol. The fourth-order valence-electron chi connectivity index (χ4n) is 1.68. The molecule has 1 unspecified atom stereocenters. The maximum atomic E-state index is 11.8. The van der Waals surface area contributed by atoms with E-state index in [0.29, 0.717) is 13.2 Å². The molecule has 4 nitrogen and oxygen atoms in total. The second-order valence-electron chi connectivity index (χ2n) is 5.03. The molecule has 4 heteroatoms. The van der Waals surface area contributed by atoms with Crippen LogP contribution >= 0.6 is 0 Å². The third-order valence-electron chi connectivity index (χ3n) is 3.18. The molecule has 1 atom stereocenters. The number of hydrogen-bond acceptors (Lipinski definition) is 3. The number of carbonyl (C=O) groups excluding carboxylic acids is 1. The highest BCUT2D eigenvalue weighted by Gasteiger charge is 2.21. The summed E-state index contributed by atoms with van der Waals surface area (Å²) in [7, 11) is 1.80. The first-order chi connectivity index (χ1) is 8.15. The van der Waals surface area contributed by atoms with Gasteiger partial charge in [-0.3, -0.25) is 4.79 Å². The summed E-state index contributed by atoms with van der Waals surface area (Å²) in [5, 5.41) is 0. The van der Waals surface area contributed by atoms with E-state index in [1.165, 1.54) is 12.8 Å². The number of likely N-dealkylation sites (N-methyl/N-ethyl adjacent to an activating group) is 1. The highest BCUT2D eigenvalue weighted by Crippen LogP contribution is 2.28. The van der Waals surface area contributed by atoms with Crippen LogP contribution in [0.15, 0.2) is 0 Å². The Morgan fingerprint density at radius 1 is 1.53 bits per heavy atom. The fourth-order valence-corrected chi connectivity index (χ4v) is 1.68. The Morgan fingerprint density at radius 3 is 2.82 bits per heavy atom. The van der Waals surface area contributed by atoms with Gasteiger partial charge >= 0.3 is 0 Å². The van der Waals surface area contributed by atoms with Crippen LogP contribution in [-0.4, -0.2) is 43.7 Å². The van der Waals surface area contributed by atoms with Gasteiger partial charge in [0.25, 0.3) is 0 Å². The van der Waals surface area contributed by atoms with E-state index in [9.17, 15) is 4.79 Å². The molecule has 0 aliphatic heterocycles. The average molecular weight is 242 g/mol. The maximum Gasteiger partial charge on any atom is 0.239 e. The van der Waals surface area contributed by atoms with E-state index in [0.717, 1.165) is 31.8 Å². The van der Waals surface area contributed by atoms with E-state index in [-0.39, 0.29) is 11.9 Å². The first-order valence-electron chi connectivity index (χ1n) is 6.73. The van der Waals surface area contributed by atoms with Crippen LogP contribution in [0.4, 0.5) is 0 Å². The van der Waals surface area contributed by atoms with E-state index in [4.69, 9.17) is 10.5 Å². The van der Waals surface area contributed by atoms with Crippen molar-refractivity contribution in [2.45, 2.75) is 45.1 Å². The molecule has 0 bridgehead atoms. The van der Waals surface area contributed by atoms with Crippen LogP contribution in [0.1, 0.15) is 39.0 Å². The minimum atomic E-state index is -0.344. The maximum absolute atomic E-state index is 11.8. The quantitative estimate of drug-likeness (QED) is 0.622. The first kappa shape index (κ1) is 14.5. The first-order valence-corrected chi connectivity index (χ1v) is 6.73. The van der Waals surface area contributed by atoms with Gasteiger partial charge in [-0.2, -0.15) is 0 Å². The van der Waals surface area contributed by atoms with Crippen molar-refractivity contribution < 1.29 is 9.53 Å². The molecule has 1 saturated carbocycles. The second kappa shape index (κ2) is 7.67. The Morgan fingerprint density at radius 2 is 2.24 bits per heavy atom. The van der Waals surface area contributed by atoms with Crippen molar-refractivity contribution in [1.82, 2.24) is 4.90 Å². The zero-order chi connectivity index (χ0) is 12.7. The molecule has 17 heavy (non-hydrogen) atoms. The van der Waals surface area contributed by atoms with Crippen molar-refractivity contribution in [2.75, 3.05) is 26.8 Å². The summed E-state index contributed by atoms with van der Waals surface area (Å²) < 4.78 is 5.50. The summed E-state index contributed by atoms with van der Waals surface area (Å²) in [6.45, 7) is 4.22. The van der Waals surface area contributed by atoms with Gasteiger partial charge in [0.15, 0.2) is 0 Å². The van der Waals surface area contributed by atoms with Crippen LogP contribution in [0.25, 0.3) is 0 Å². The van der Waals surface area contributed by atoms with Crippen LogP contribution in [0.5, 0.6) is 0 Å². The standard InChI is InChI=1S/C13H26N2O2/c1-3-4-5-12(14)13(16)15(2)8-9-17-10-11-6-7-11/h11-12H,3-10,14H2,1-2H3. The third kappa shape index (κ3) is 6.03. The highest BCUT2D eigenvalue weighted by atomic mass is 16.5. The third-order valence-corrected chi connectivity index (χ3v) is 3.18. The summed E-state index contributed by atoms with van der Waals surface area (Å²) in [5.41, 5.74) is 5.83. The van der Waals surface area contributed by atoms with Gasteiger partial charge in [0.05, 0.1) is 12.6 Å². The molecule has 1 amide bonds. The molecule has 100 valence electrons. The van der Waals surface area contributed by atoms with Crippen molar-refractivity contribution in [3.05, 3.63) is 0 Å². The van der Waals surface area contributed by atoms with Crippen molar-refractivity contribution in [3.63, 3.8) is 0 Å². The summed E-state index contributed by atoms with van der Waals surface area (Å²) >= 11 is 0. The smallest absolute Gasteiger partial charge is 0.239 e. The highest BCUT2D eigenvalue weighted by molar-refractivity contribution is 5.81. The Labute approximate surface area is 104 Å². The van der Waals surface area contributed by atoms with Gasteiger partial charge in [0, 0.05) is 20.2 Å². The largest absolute Gasteiger partial charge is 0.379 e. The lowest BCUT2D eigenvalue weighted by Crippen LogP contribution is -2.43. The molecule has 1 fully saturated rings. The van der Waals surface area contributed by atoms with Crippen molar-refractivity contribution in [1.29, 1.82) is 0 Å². The van der Waals surface area contributed by atoms with Crippen LogP contribution in [0.2, 0.25) is 0 Å². The zero-order valence-corrected chi connectivity index (χ0v) is 11.2. The van der Waals surface area contributed by atoms with Gasteiger partial charge < -0.3 is 15.4 Å². The van der Waals surface area contributed by atoms with Crippen LogP contribution < -0.4 is 5.73 Å². The van der Waals surface area contributed by atoms with Crippen LogP contribution in [-0.2, 0) is 9.53 Å². The minimum Gasteiger partial charge on any atom is -0.379 e. The van der Waals surface area contributed by atoms with E-state index >= 15 is 0 Å². The number of nitrogens with two attached hydrogens (primary N) is 1. The monoisotopic (exact) mass is 242 g/mol. The second-order valence-corrected chi connectivity index (χ2v) is 5.03. The number of nitrogens with zero attached hydrogens (tertiary/aromatic N) is 1. The lowest BCUT2D eigenvalue weighted by molar-refractivity contribution is -0.132. The van der Waals surface area contributed by atoms with Crippen LogP contribution in [0.3, 0.4) is 0 Å². The predicted octanol–water partition coefficient (Wildman–Crippen LogP) is 1.39. The summed E-state index contributed by atoms with van der Waals surface area (Å²) in [4.78, 5) is 13.5. The number of rotatable bonds is 9. The van der Waals surface area contributed by atoms with Gasteiger partial charge in [0.2, 0.25) is 5.91 Å². The molecule has 2 N–H and O–H groups in total. The van der Waals surface area contributed by atoms with E-state index in [1.807, 2.05) is 0 Å². The molecule has 1 rings (SSSR count). The van der Waals surface area contributed by atoms with Crippen molar-refractivity contribution in [2.24, 2.45) is 11.7 Å². The topological polar surface area (TPSA) is 55.6 Å². The van der Waals surface area contributed by atoms with Crippen LogP contribution in [0, 0.1) is 5.92 Å². The molecular formula is C13H26N2O2. The number of hydrogen-bond donors (Lipinski definition) is 1. The molecule has 0 aromatic carbocycles. The zero-order valence-electron chi connectivity index (χ0n) is 11.2. The minimum absolute atomic E-state index is 0.0356. The fraction of sp³-hybridized carbons (Fsp3) is 0.923. The number of ether oxygens (including phenoxy) is 1. The Bertz CT molecular complexity index is 229. The van der Waals surface area contributed by atoms with Gasteiger partial charge in [-0.15, -0.1) is 0 Å².